The van der Waals surface area contributed by atoms with Crippen molar-refractivity contribution in [1.82, 2.24) is 10.6 Å². The minimum absolute atomic E-state index is 0. The lowest BCUT2D eigenvalue weighted by molar-refractivity contribution is -0.140. The Morgan fingerprint density at radius 3 is 2.21 bits per heavy atom. The molecule has 0 unspecified atom stereocenters. The topological polar surface area (TPSA) is 101 Å². The zero-order valence-electron chi connectivity index (χ0n) is 17.1. The van der Waals surface area contributed by atoms with E-state index in [1.807, 2.05) is 45.0 Å². The molecular weight excluding hydrogens is 475 g/mol. The molecule has 0 aliphatic carbocycles. The molecule has 3 N–H and O–H groups in total. The molecule has 0 atom stereocenters. The summed E-state index contributed by atoms with van der Waals surface area (Å²) >= 11 is 0. The van der Waals surface area contributed by atoms with Crippen molar-refractivity contribution in [1.29, 1.82) is 0 Å². The van der Waals surface area contributed by atoms with Crippen molar-refractivity contribution in [3.05, 3.63) is 29.8 Å². The Hall–Kier alpha value is -2.04. The van der Waals surface area contributed by atoms with Crippen LogP contribution in [0.2, 0.25) is 0 Å². The number of ether oxygens (including phenoxy) is 2. The van der Waals surface area contributed by atoms with Crippen LogP contribution in [-0.4, -0.2) is 50.9 Å². The van der Waals surface area contributed by atoms with E-state index in [9.17, 15) is 9.59 Å². The summed E-state index contributed by atoms with van der Waals surface area (Å²) in [6.45, 7) is 6.59. The fraction of sp³-hybridized carbons (Fsp3) is 0.526. The van der Waals surface area contributed by atoms with Crippen LogP contribution < -0.4 is 16.0 Å². The monoisotopic (exact) mass is 506 g/mol. The number of anilines is 1. The van der Waals surface area contributed by atoms with E-state index in [0.29, 0.717) is 24.7 Å². The third-order valence-electron chi connectivity index (χ3n) is 3.38. The molecule has 9 heteroatoms. The first-order valence-electron chi connectivity index (χ1n) is 8.84. The highest BCUT2D eigenvalue weighted by atomic mass is 127. The van der Waals surface area contributed by atoms with Crippen molar-refractivity contribution in [2.45, 2.75) is 39.2 Å². The molecule has 0 radical (unpaired) electrons. The summed E-state index contributed by atoms with van der Waals surface area (Å²) in [5.74, 6) is 0.361. The third kappa shape index (κ3) is 11.6. The van der Waals surface area contributed by atoms with E-state index in [1.165, 1.54) is 7.11 Å². The predicted molar refractivity (Wildman–Crippen MR) is 121 cm³/mol. The summed E-state index contributed by atoms with van der Waals surface area (Å²) in [4.78, 5) is 26.9. The Morgan fingerprint density at radius 2 is 1.68 bits per heavy atom. The number of guanidine groups is 1. The van der Waals surface area contributed by atoms with E-state index in [2.05, 4.69) is 25.7 Å². The zero-order chi connectivity index (χ0) is 20.3. The third-order valence-corrected chi connectivity index (χ3v) is 3.38. The average Bonchev–Trinajstić information content (AvgIpc) is 2.60. The number of hydrogen-bond donors (Lipinski definition) is 3. The van der Waals surface area contributed by atoms with Crippen LogP contribution in [0.15, 0.2) is 29.3 Å². The molecule has 28 heavy (non-hydrogen) atoms. The number of hydrogen-bond acceptors (Lipinski definition) is 5. The fourth-order valence-electron chi connectivity index (χ4n) is 2.11. The first kappa shape index (κ1) is 26.0. The van der Waals surface area contributed by atoms with Gasteiger partial charge in [0.2, 0.25) is 0 Å². The van der Waals surface area contributed by atoms with Crippen LogP contribution >= 0.6 is 24.0 Å². The largest absolute Gasteiger partial charge is 0.469 e. The van der Waals surface area contributed by atoms with Crippen LogP contribution in [0.4, 0.5) is 10.5 Å². The number of methoxy groups -OCH3 is 1. The van der Waals surface area contributed by atoms with Gasteiger partial charge in [-0.15, -0.1) is 24.0 Å². The van der Waals surface area contributed by atoms with E-state index in [1.54, 1.807) is 7.05 Å². The van der Waals surface area contributed by atoms with E-state index < -0.39 is 11.7 Å². The lowest BCUT2D eigenvalue weighted by atomic mass is 10.1. The highest BCUT2D eigenvalue weighted by Crippen LogP contribution is 2.13. The maximum Gasteiger partial charge on any atom is 0.412 e. The fourth-order valence-corrected chi connectivity index (χ4v) is 2.11. The number of aliphatic imine (C=N–C) groups is 1. The molecule has 158 valence electrons. The first-order valence-corrected chi connectivity index (χ1v) is 8.84. The van der Waals surface area contributed by atoms with Crippen molar-refractivity contribution in [2.24, 2.45) is 4.99 Å². The number of halogens is 1. The maximum atomic E-state index is 11.7. The second-order valence-electron chi connectivity index (χ2n) is 6.83. The lowest BCUT2D eigenvalue weighted by Crippen LogP contribution is -2.39. The van der Waals surface area contributed by atoms with Crippen molar-refractivity contribution in [3.8, 4) is 0 Å². The maximum absolute atomic E-state index is 11.7. The highest BCUT2D eigenvalue weighted by Gasteiger charge is 2.16. The molecule has 1 rings (SSSR count). The summed E-state index contributed by atoms with van der Waals surface area (Å²) in [6, 6.07) is 7.56. The standard InChI is InChI=1S/C19H30N4O4.HI/c1-19(2,3)27-18(25)23-15-8-6-14(7-9-15)10-12-21-17(20-4)22-13-11-16(24)26-5;/h6-9H,10-13H2,1-5H3,(H,23,25)(H2,20,21,22);1H. The Kier molecular flexibility index (Phi) is 12.2. The Morgan fingerprint density at radius 1 is 1.07 bits per heavy atom. The van der Waals surface area contributed by atoms with Gasteiger partial charge in [0.05, 0.1) is 13.5 Å². The van der Waals surface area contributed by atoms with Gasteiger partial charge in [-0.1, -0.05) is 12.1 Å². The van der Waals surface area contributed by atoms with Crippen molar-refractivity contribution in [2.75, 3.05) is 32.6 Å². The van der Waals surface area contributed by atoms with E-state index in [0.717, 1.165) is 12.0 Å². The minimum atomic E-state index is -0.529. The summed E-state index contributed by atoms with van der Waals surface area (Å²) in [5, 5.41) is 8.93. The summed E-state index contributed by atoms with van der Waals surface area (Å²) in [7, 11) is 3.04. The van der Waals surface area contributed by atoms with Gasteiger partial charge in [0.15, 0.2) is 5.96 Å². The quantitative estimate of drug-likeness (QED) is 0.228. The molecule has 0 bridgehead atoms. The number of amides is 1. The van der Waals surface area contributed by atoms with Crippen molar-refractivity contribution in [3.63, 3.8) is 0 Å². The number of rotatable bonds is 7. The molecule has 0 saturated carbocycles. The molecule has 0 heterocycles. The molecule has 0 saturated heterocycles. The summed E-state index contributed by atoms with van der Waals surface area (Å²) < 4.78 is 9.81. The van der Waals surface area contributed by atoms with Crippen molar-refractivity contribution < 1.29 is 19.1 Å². The predicted octanol–water partition coefficient (Wildman–Crippen LogP) is 2.92. The molecule has 0 spiro atoms. The molecular formula is C19H31IN4O4. The van der Waals surface area contributed by atoms with Gasteiger partial charge in [0.25, 0.3) is 0 Å². The molecule has 1 aromatic rings. The Labute approximate surface area is 183 Å². The van der Waals surface area contributed by atoms with Crippen LogP contribution in [0.1, 0.15) is 32.8 Å². The van der Waals surface area contributed by atoms with E-state index >= 15 is 0 Å². The number of benzene rings is 1. The van der Waals surface area contributed by atoms with Gasteiger partial charge in [-0.2, -0.15) is 0 Å². The number of esters is 1. The lowest BCUT2D eigenvalue weighted by Gasteiger charge is -2.19. The molecule has 0 aliphatic heterocycles. The SMILES string of the molecule is CN=C(NCCC(=O)OC)NCCc1ccc(NC(=O)OC(C)(C)C)cc1.I. The molecule has 0 aliphatic rings. The average molecular weight is 506 g/mol. The first-order chi connectivity index (χ1) is 12.7. The van der Waals surface area contributed by atoms with Crippen LogP contribution in [0, 0.1) is 0 Å². The number of carbonyl (C=O) groups is 2. The normalized spacial score (nSPS) is 11.1. The molecule has 1 amide bonds. The molecule has 0 fully saturated rings. The Balaban J connectivity index is 0.00000729. The van der Waals surface area contributed by atoms with Crippen LogP contribution in [0.5, 0.6) is 0 Å². The van der Waals surface area contributed by atoms with Gasteiger partial charge >= 0.3 is 12.1 Å². The zero-order valence-corrected chi connectivity index (χ0v) is 19.5. The highest BCUT2D eigenvalue weighted by molar-refractivity contribution is 14.0. The van der Waals surface area contributed by atoms with Crippen LogP contribution in [0.3, 0.4) is 0 Å². The van der Waals surface area contributed by atoms with Gasteiger partial charge in [0.1, 0.15) is 5.60 Å². The van der Waals surface area contributed by atoms with Gasteiger partial charge in [-0.05, 0) is 44.9 Å². The van der Waals surface area contributed by atoms with Gasteiger partial charge in [0, 0.05) is 25.8 Å². The van der Waals surface area contributed by atoms with E-state index in [-0.39, 0.29) is 36.4 Å². The summed E-state index contributed by atoms with van der Waals surface area (Å²) in [5.41, 5.74) is 1.27. The smallest absolute Gasteiger partial charge is 0.412 e. The van der Waals surface area contributed by atoms with Gasteiger partial charge in [-0.25, -0.2) is 4.79 Å². The number of nitrogens with zero attached hydrogens (tertiary/aromatic N) is 1. The summed E-state index contributed by atoms with van der Waals surface area (Å²) in [6.07, 6.45) is 0.590. The molecule has 0 aromatic heterocycles. The van der Waals surface area contributed by atoms with Crippen LogP contribution in [0.25, 0.3) is 0 Å². The molecule has 1 aromatic carbocycles. The van der Waals surface area contributed by atoms with Gasteiger partial charge < -0.3 is 20.1 Å². The Bertz CT molecular complexity index is 642. The molecule has 8 nitrogen and oxygen atoms in total. The second-order valence-corrected chi connectivity index (χ2v) is 6.83. The van der Waals surface area contributed by atoms with E-state index in [4.69, 9.17) is 4.74 Å². The minimum Gasteiger partial charge on any atom is -0.469 e. The van der Waals surface area contributed by atoms with Crippen molar-refractivity contribution >= 4 is 47.7 Å². The van der Waals surface area contributed by atoms with Crippen LogP contribution in [-0.2, 0) is 20.7 Å². The number of carbonyl (C=O) groups excluding carboxylic acids is 2. The number of nitrogens with one attached hydrogen (secondary N) is 3. The second kappa shape index (κ2) is 13.2. The van der Waals surface area contributed by atoms with Gasteiger partial charge in [-0.3, -0.25) is 15.1 Å².